The Morgan fingerprint density at radius 2 is 2.00 bits per heavy atom. The zero-order valence-corrected chi connectivity index (χ0v) is 8.35. The molecule has 0 aliphatic rings. The topological polar surface area (TPSA) is 60.4 Å². The molecule has 0 spiro atoms. The Balaban J connectivity index is 3.14. The first kappa shape index (κ1) is 11.6. The molecule has 0 aliphatic heterocycles. The van der Waals surface area contributed by atoms with Gasteiger partial charge in [0.05, 0.1) is 5.56 Å². The summed E-state index contributed by atoms with van der Waals surface area (Å²) >= 11 is 0. The van der Waals surface area contributed by atoms with Gasteiger partial charge >= 0.3 is 10.5 Å². The molecule has 7 heteroatoms. The Morgan fingerprint density at radius 1 is 1.40 bits per heavy atom. The number of halogens is 2. The zero-order valence-electron chi connectivity index (χ0n) is 7.53. The van der Waals surface area contributed by atoms with Gasteiger partial charge in [0.15, 0.2) is 5.78 Å². The van der Waals surface area contributed by atoms with Gasteiger partial charge < -0.3 is 4.18 Å². The molecule has 0 amide bonds. The Kier molecular flexibility index (Phi) is 3.04. The predicted molar refractivity (Wildman–Crippen MR) is 47.1 cm³/mol. The van der Waals surface area contributed by atoms with Crippen LogP contribution >= 0.6 is 0 Å². The average molecular weight is 236 g/mol. The van der Waals surface area contributed by atoms with E-state index in [-0.39, 0.29) is 5.56 Å². The molecule has 4 nitrogen and oxygen atoms in total. The third kappa shape index (κ3) is 3.28. The molecule has 1 rings (SSSR count). The second kappa shape index (κ2) is 3.93. The lowest BCUT2D eigenvalue weighted by Gasteiger charge is -2.02. The molecule has 0 aliphatic carbocycles. The molecular weight excluding hydrogens is 230 g/mol. The normalized spacial score (nSPS) is 11.1. The number of hydrogen-bond acceptors (Lipinski definition) is 4. The van der Waals surface area contributed by atoms with E-state index in [2.05, 4.69) is 4.18 Å². The van der Waals surface area contributed by atoms with Crippen molar-refractivity contribution in [1.82, 2.24) is 0 Å². The van der Waals surface area contributed by atoms with Crippen LogP contribution in [0.1, 0.15) is 17.3 Å². The van der Waals surface area contributed by atoms with Crippen LogP contribution in [0.5, 0.6) is 5.75 Å². The molecule has 0 saturated heterocycles. The molecule has 15 heavy (non-hydrogen) atoms. The van der Waals surface area contributed by atoms with E-state index in [0.717, 1.165) is 25.1 Å². The number of rotatable bonds is 3. The Bertz CT molecular complexity index is 495. The number of Topliss-reactive ketones (excluding diaryl/α,β-unsaturated/α-hetero) is 1. The van der Waals surface area contributed by atoms with E-state index in [1.807, 2.05) is 0 Å². The van der Waals surface area contributed by atoms with Crippen molar-refractivity contribution in [2.75, 3.05) is 0 Å². The quantitative estimate of drug-likeness (QED) is 0.591. The largest absolute Gasteiger partial charge is 0.488 e. The summed E-state index contributed by atoms with van der Waals surface area (Å²) in [7, 11) is -5.17. The minimum Gasteiger partial charge on any atom is -0.358 e. The van der Waals surface area contributed by atoms with Crippen molar-refractivity contribution in [3.8, 4) is 5.75 Å². The SMILES string of the molecule is CC(=O)c1cc(OS(=O)(=O)F)ccc1F. The molecule has 82 valence electrons. The summed E-state index contributed by atoms with van der Waals surface area (Å²) in [5.74, 6) is -1.90. The van der Waals surface area contributed by atoms with Crippen molar-refractivity contribution >= 4 is 16.3 Å². The molecule has 0 unspecified atom stereocenters. The molecule has 1 aromatic carbocycles. The van der Waals surface area contributed by atoms with Gasteiger partial charge in [-0.1, -0.05) is 3.89 Å². The van der Waals surface area contributed by atoms with E-state index < -0.39 is 27.9 Å². The van der Waals surface area contributed by atoms with Gasteiger partial charge in [-0.05, 0) is 25.1 Å². The van der Waals surface area contributed by atoms with E-state index in [0.29, 0.717) is 0 Å². The van der Waals surface area contributed by atoms with Crippen LogP contribution in [-0.4, -0.2) is 14.2 Å². The number of carbonyl (C=O) groups is 1. The monoisotopic (exact) mass is 236 g/mol. The van der Waals surface area contributed by atoms with Crippen LogP contribution in [0, 0.1) is 5.82 Å². The number of ketones is 1. The molecule has 0 atom stereocenters. The van der Waals surface area contributed by atoms with Gasteiger partial charge in [0.1, 0.15) is 11.6 Å². The molecular formula is C8H6F2O4S. The van der Waals surface area contributed by atoms with Crippen LogP contribution in [-0.2, 0) is 10.5 Å². The highest BCUT2D eigenvalue weighted by Crippen LogP contribution is 2.19. The van der Waals surface area contributed by atoms with E-state index in [9.17, 15) is 21.5 Å². The predicted octanol–water partition coefficient (Wildman–Crippen LogP) is 1.62. The Morgan fingerprint density at radius 3 is 2.47 bits per heavy atom. The lowest BCUT2D eigenvalue weighted by atomic mass is 10.1. The minimum atomic E-state index is -5.17. The highest BCUT2D eigenvalue weighted by Gasteiger charge is 2.13. The van der Waals surface area contributed by atoms with Crippen molar-refractivity contribution in [3.63, 3.8) is 0 Å². The first-order valence-electron chi connectivity index (χ1n) is 3.74. The van der Waals surface area contributed by atoms with Gasteiger partial charge in [0.25, 0.3) is 0 Å². The van der Waals surface area contributed by atoms with Gasteiger partial charge in [0.2, 0.25) is 0 Å². The van der Waals surface area contributed by atoms with Gasteiger partial charge in [0, 0.05) is 0 Å². The van der Waals surface area contributed by atoms with Crippen LogP contribution in [0.25, 0.3) is 0 Å². The van der Waals surface area contributed by atoms with Crippen molar-refractivity contribution < 1.29 is 25.7 Å². The van der Waals surface area contributed by atoms with E-state index in [4.69, 9.17) is 0 Å². The van der Waals surface area contributed by atoms with Crippen molar-refractivity contribution in [3.05, 3.63) is 29.6 Å². The van der Waals surface area contributed by atoms with Gasteiger partial charge in [-0.2, -0.15) is 8.42 Å². The molecule has 0 radical (unpaired) electrons. The molecule has 0 N–H and O–H groups in total. The third-order valence-electron chi connectivity index (χ3n) is 1.51. The van der Waals surface area contributed by atoms with Crippen molar-refractivity contribution in [2.24, 2.45) is 0 Å². The summed E-state index contributed by atoms with van der Waals surface area (Å²) in [6.07, 6.45) is 0. The zero-order chi connectivity index (χ0) is 11.6. The fourth-order valence-corrected chi connectivity index (χ4v) is 1.27. The van der Waals surface area contributed by atoms with Crippen molar-refractivity contribution in [2.45, 2.75) is 6.92 Å². The van der Waals surface area contributed by atoms with Crippen LogP contribution < -0.4 is 4.18 Å². The first-order chi connectivity index (χ1) is 6.79. The lowest BCUT2D eigenvalue weighted by molar-refractivity contribution is 0.101. The summed E-state index contributed by atoms with van der Waals surface area (Å²) in [4.78, 5) is 10.8. The summed E-state index contributed by atoms with van der Waals surface area (Å²) in [5, 5.41) is 0. The lowest BCUT2D eigenvalue weighted by Crippen LogP contribution is -2.03. The number of hydrogen-bond donors (Lipinski definition) is 0. The summed E-state index contributed by atoms with van der Waals surface area (Å²) in [6.45, 7) is 1.09. The fraction of sp³-hybridized carbons (Fsp3) is 0.125. The van der Waals surface area contributed by atoms with E-state index in [1.165, 1.54) is 0 Å². The average Bonchev–Trinajstić information content (AvgIpc) is 2.05. The molecule has 0 fully saturated rings. The highest BCUT2D eigenvalue weighted by atomic mass is 32.3. The molecule has 1 aromatic rings. The maximum Gasteiger partial charge on any atom is 0.488 e. The first-order valence-corrected chi connectivity index (χ1v) is 5.05. The van der Waals surface area contributed by atoms with Gasteiger partial charge in [-0.3, -0.25) is 4.79 Å². The fourth-order valence-electron chi connectivity index (χ4n) is 0.941. The number of benzene rings is 1. The third-order valence-corrected chi connectivity index (χ3v) is 1.90. The van der Waals surface area contributed by atoms with Crippen LogP contribution in [0.2, 0.25) is 0 Å². The molecule has 0 aromatic heterocycles. The summed E-state index contributed by atoms with van der Waals surface area (Å²) in [6, 6.07) is 2.53. The second-order valence-electron chi connectivity index (χ2n) is 2.67. The highest BCUT2D eigenvalue weighted by molar-refractivity contribution is 7.81. The maximum absolute atomic E-state index is 12.9. The van der Waals surface area contributed by atoms with Crippen molar-refractivity contribution in [1.29, 1.82) is 0 Å². The standard InChI is InChI=1S/C8H6F2O4S/c1-5(11)7-4-6(2-3-8(7)9)14-15(10,12)13/h2-4H,1H3. The summed E-state index contributed by atoms with van der Waals surface area (Å²) < 4.78 is 49.0. The van der Waals surface area contributed by atoms with E-state index in [1.54, 1.807) is 0 Å². The number of carbonyl (C=O) groups excluding carboxylic acids is 1. The van der Waals surface area contributed by atoms with Crippen LogP contribution in [0.3, 0.4) is 0 Å². The van der Waals surface area contributed by atoms with Crippen LogP contribution in [0.15, 0.2) is 18.2 Å². The smallest absolute Gasteiger partial charge is 0.358 e. The van der Waals surface area contributed by atoms with E-state index >= 15 is 0 Å². The minimum absolute atomic E-state index is 0.365. The van der Waals surface area contributed by atoms with Gasteiger partial charge in [-0.25, -0.2) is 4.39 Å². The van der Waals surface area contributed by atoms with Crippen LogP contribution in [0.4, 0.5) is 8.28 Å². The Labute approximate surface area is 84.9 Å². The molecule has 0 heterocycles. The molecule has 0 saturated carbocycles. The molecule has 0 bridgehead atoms. The maximum atomic E-state index is 12.9. The summed E-state index contributed by atoms with van der Waals surface area (Å²) in [5.41, 5.74) is -0.365. The Hall–Kier alpha value is -1.50. The van der Waals surface area contributed by atoms with Gasteiger partial charge in [-0.15, -0.1) is 0 Å². The second-order valence-corrected chi connectivity index (χ2v) is 3.63.